The molecule has 2 aliphatic rings. The average molecular weight is 395 g/mol. The van der Waals surface area contributed by atoms with Gasteiger partial charge in [0, 0.05) is 64.6 Å². The summed E-state index contributed by atoms with van der Waals surface area (Å²) in [4.78, 5) is 16.5. The maximum absolute atomic E-state index is 12.9. The van der Waals surface area contributed by atoms with Crippen LogP contribution in [0.1, 0.15) is 36.0 Å². The number of nitrogens with zero attached hydrogens (tertiary/aromatic N) is 4. The van der Waals surface area contributed by atoms with Crippen molar-refractivity contribution in [2.75, 3.05) is 58.3 Å². The van der Waals surface area contributed by atoms with Crippen LogP contribution in [0, 0.1) is 0 Å². The summed E-state index contributed by atoms with van der Waals surface area (Å²) in [6.45, 7) is 2.81. The van der Waals surface area contributed by atoms with Gasteiger partial charge in [0.2, 0.25) is 0 Å². The smallest absolute Gasteiger partial charge is 0.282 e. The molecular formula is C19H30N4O3S. The van der Waals surface area contributed by atoms with E-state index in [0.29, 0.717) is 44.8 Å². The van der Waals surface area contributed by atoms with E-state index in [9.17, 15) is 13.2 Å². The summed E-state index contributed by atoms with van der Waals surface area (Å²) in [5.41, 5.74) is 1.68. The van der Waals surface area contributed by atoms with Crippen molar-refractivity contribution >= 4 is 21.8 Å². The lowest BCUT2D eigenvalue weighted by atomic mass is 10.1. The maximum atomic E-state index is 12.9. The number of piperazine rings is 1. The number of anilines is 1. The first-order valence-electron chi connectivity index (χ1n) is 9.71. The molecule has 150 valence electrons. The van der Waals surface area contributed by atoms with Crippen molar-refractivity contribution in [1.82, 2.24) is 13.5 Å². The van der Waals surface area contributed by atoms with Gasteiger partial charge in [-0.2, -0.15) is 17.0 Å². The Morgan fingerprint density at radius 2 is 1.33 bits per heavy atom. The summed E-state index contributed by atoms with van der Waals surface area (Å²) in [7, 11) is 0.504. The second-order valence-corrected chi connectivity index (χ2v) is 9.38. The Kier molecular flexibility index (Phi) is 6.39. The van der Waals surface area contributed by atoms with Gasteiger partial charge in [-0.25, -0.2) is 0 Å². The number of amides is 1. The third-order valence-corrected chi connectivity index (χ3v) is 7.41. The molecule has 3 rings (SSSR count). The largest absolute Gasteiger partial charge is 0.378 e. The Balaban J connectivity index is 1.60. The minimum Gasteiger partial charge on any atom is -0.378 e. The van der Waals surface area contributed by atoms with Gasteiger partial charge in [-0.3, -0.25) is 4.79 Å². The predicted octanol–water partition coefficient (Wildman–Crippen LogP) is 1.63. The van der Waals surface area contributed by atoms with Crippen molar-refractivity contribution < 1.29 is 13.2 Å². The molecule has 2 heterocycles. The lowest BCUT2D eigenvalue weighted by Crippen LogP contribution is -2.54. The highest BCUT2D eigenvalue weighted by Gasteiger charge is 2.33. The molecule has 1 aromatic carbocycles. The van der Waals surface area contributed by atoms with Gasteiger partial charge in [-0.1, -0.05) is 12.8 Å². The van der Waals surface area contributed by atoms with E-state index in [1.807, 2.05) is 43.3 Å². The first kappa shape index (κ1) is 20.1. The zero-order chi connectivity index (χ0) is 19.4. The van der Waals surface area contributed by atoms with E-state index in [1.165, 1.54) is 4.31 Å². The van der Waals surface area contributed by atoms with Gasteiger partial charge in [0.1, 0.15) is 0 Å². The zero-order valence-electron chi connectivity index (χ0n) is 16.3. The lowest BCUT2D eigenvalue weighted by molar-refractivity contribution is 0.0694. The number of hydrogen-bond donors (Lipinski definition) is 0. The van der Waals surface area contributed by atoms with Crippen LogP contribution >= 0.6 is 0 Å². The van der Waals surface area contributed by atoms with Crippen LogP contribution in [-0.4, -0.2) is 81.2 Å². The van der Waals surface area contributed by atoms with Gasteiger partial charge in [0.05, 0.1) is 0 Å². The number of rotatable bonds is 4. The van der Waals surface area contributed by atoms with Crippen molar-refractivity contribution in [2.24, 2.45) is 0 Å². The Morgan fingerprint density at radius 3 is 1.85 bits per heavy atom. The van der Waals surface area contributed by atoms with Crippen LogP contribution in [0.3, 0.4) is 0 Å². The standard InChI is InChI=1S/C19H30N4O3S/c1-20(2)18-9-7-17(8-10-18)19(24)21-13-15-23(16-14-21)27(25,26)22-11-5-3-4-6-12-22/h7-10H,3-6,11-16H2,1-2H3. The minimum absolute atomic E-state index is 0.0351. The van der Waals surface area contributed by atoms with E-state index in [2.05, 4.69) is 0 Å². The van der Waals surface area contributed by atoms with Crippen LogP contribution in [-0.2, 0) is 10.2 Å². The first-order chi connectivity index (χ1) is 12.9. The number of carbonyl (C=O) groups excluding carboxylic acids is 1. The Hall–Kier alpha value is -1.64. The highest BCUT2D eigenvalue weighted by atomic mass is 32.2. The maximum Gasteiger partial charge on any atom is 0.282 e. The first-order valence-corrected chi connectivity index (χ1v) is 11.1. The number of carbonyl (C=O) groups is 1. The predicted molar refractivity (Wildman–Crippen MR) is 107 cm³/mol. The van der Waals surface area contributed by atoms with Crippen molar-refractivity contribution in [3.63, 3.8) is 0 Å². The van der Waals surface area contributed by atoms with Gasteiger partial charge in [0.25, 0.3) is 16.1 Å². The van der Waals surface area contributed by atoms with E-state index < -0.39 is 10.2 Å². The SMILES string of the molecule is CN(C)c1ccc(C(=O)N2CCN(S(=O)(=O)N3CCCCCC3)CC2)cc1. The Bertz CT molecular complexity index is 733. The second kappa shape index (κ2) is 8.58. The molecule has 0 bridgehead atoms. The second-order valence-electron chi connectivity index (χ2n) is 7.45. The molecule has 0 N–H and O–H groups in total. The van der Waals surface area contributed by atoms with E-state index in [0.717, 1.165) is 31.4 Å². The van der Waals surface area contributed by atoms with Crippen LogP contribution in [0.2, 0.25) is 0 Å². The fourth-order valence-electron chi connectivity index (χ4n) is 3.64. The third kappa shape index (κ3) is 4.62. The molecule has 0 aromatic heterocycles. The molecule has 0 saturated carbocycles. The normalized spacial score (nSPS) is 20.3. The minimum atomic E-state index is -3.41. The van der Waals surface area contributed by atoms with Crippen LogP contribution in [0.4, 0.5) is 5.69 Å². The average Bonchev–Trinajstić information content (AvgIpc) is 2.98. The topological polar surface area (TPSA) is 64.2 Å². The fourth-order valence-corrected chi connectivity index (χ4v) is 5.31. The van der Waals surface area contributed by atoms with Crippen molar-refractivity contribution in [2.45, 2.75) is 25.7 Å². The van der Waals surface area contributed by atoms with Gasteiger partial charge in [0.15, 0.2) is 0 Å². The van der Waals surface area contributed by atoms with Gasteiger partial charge < -0.3 is 9.80 Å². The van der Waals surface area contributed by atoms with Crippen LogP contribution in [0.25, 0.3) is 0 Å². The molecule has 0 atom stereocenters. The fraction of sp³-hybridized carbons (Fsp3) is 0.632. The molecule has 0 radical (unpaired) electrons. The molecule has 1 amide bonds. The van der Waals surface area contributed by atoms with Crippen LogP contribution in [0.5, 0.6) is 0 Å². The molecule has 0 unspecified atom stereocenters. The Morgan fingerprint density at radius 1 is 0.815 bits per heavy atom. The third-order valence-electron chi connectivity index (χ3n) is 5.37. The molecule has 8 heteroatoms. The quantitative estimate of drug-likeness (QED) is 0.779. The lowest BCUT2D eigenvalue weighted by Gasteiger charge is -2.36. The summed E-state index contributed by atoms with van der Waals surface area (Å²) >= 11 is 0. The van der Waals surface area contributed by atoms with Crippen LogP contribution < -0.4 is 4.90 Å². The monoisotopic (exact) mass is 394 g/mol. The molecule has 27 heavy (non-hydrogen) atoms. The van der Waals surface area contributed by atoms with Crippen molar-refractivity contribution in [3.8, 4) is 0 Å². The van der Waals surface area contributed by atoms with E-state index in [1.54, 1.807) is 9.21 Å². The molecule has 0 spiro atoms. The van der Waals surface area contributed by atoms with E-state index >= 15 is 0 Å². The molecule has 7 nitrogen and oxygen atoms in total. The molecular weight excluding hydrogens is 364 g/mol. The molecule has 0 aliphatic carbocycles. The van der Waals surface area contributed by atoms with Gasteiger partial charge in [-0.05, 0) is 37.1 Å². The summed E-state index contributed by atoms with van der Waals surface area (Å²) in [5, 5.41) is 0. The van der Waals surface area contributed by atoms with Crippen molar-refractivity contribution in [1.29, 1.82) is 0 Å². The zero-order valence-corrected chi connectivity index (χ0v) is 17.1. The number of hydrogen-bond acceptors (Lipinski definition) is 4. The van der Waals surface area contributed by atoms with Crippen LogP contribution in [0.15, 0.2) is 24.3 Å². The summed E-state index contributed by atoms with van der Waals surface area (Å²) in [6.07, 6.45) is 4.06. The summed E-state index contributed by atoms with van der Waals surface area (Å²) in [5.74, 6) is -0.0351. The van der Waals surface area contributed by atoms with Gasteiger partial charge in [-0.15, -0.1) is 0 Å². The van der Waals surface area contributed by atoms with Crippen molar-refractivity contribution in [3.05, 3.63) is 29.8 Å². The molecule has 2 saturated heterocycles. The highest BCUT2D eigenvalue weighted by molar-refractivity contribution is 7.86. The Labute approximate surface area is 162 Å². The molecule has 1 aromatic rings. The molecule has 2 aliphatic heterocycles. The molecule has 2 fully saturated rings. The summed E-state index contributed by atoms with van der Waals surface area (Å²) < 4.78 is 28.9. The van der Waals surface area contributed by atoms with E-state index in [4.69, 9.17) is 0 Å². The number of benzene rings is 1. The highest BCUT2D eigenvalue weighted by Crippen LogP contribution is 2.19. The van der Waals surface area contributed by atoms with Gasteiger partial charge >= 0.3 is 0 Å². The summed E-state index contributed by atoms with van der Waals surface area (Å²) in [6, 6.07) is 7.51. The van der Waals surface area contributed by atoms with E-state index in [-0.39, 0.29) is 5.91 Å².